The second-order valence-electron chi connectivity index (χ2n) is 10.9. The molecule has 1 aliphatic rings. The molecule has 2 heterocycles. The number of aromatic amines is 1. The maximum atomic E-state index is 6.43. The molecule has 200 valence electrons. The summed E-state index contributed by atoms with van der Waals surface area (Å²) in [7, 11) is 0. The fraction of sp³-hybridized carbons (Fsp3) is 0.0500. The van der Waals surface area contributed by atoms with Gasteiger partial charge in [-0.1, -0.05) is 121 Å². The summed E-state index contributed by atoms with van der Waals surface area (Å²) in [6.07, 6.45) is 1.95. The molecule has 1 aromatic heterocycles. The molecule has 0 saturated carbocycles. The van der Waals surface area contributed by atoms with Crippen LogP contribution in [0.5, 0.6) is 11.5 Å². The normalized spacial score (nSPS) is 11.7. The lowest BCUT2D eigenvalue weighted by Gasteiger charge is -2.12. The van der Waals surface area contributed by atoms with Crippen molar-refractivity contribution in [3.63, 3.8) is 0 Å². The van der Waals surface area contributed by atoms with Crippen LogP contribution in [-0.2, 0) is 12.8 Å². The van der Waals surface area contributed by atoms with E-state index in [0.717, 1.165) is 35.5 Å². The molecule has 0 bridgehead atoms. The Bertz CT molecular complexity index is 2050. The van der Waals surface area contributed by atoms with E-state index < -0.39 is 0 Å². The van der Waals surface area contributed by atoms with Crippen LogP contribution in [-0.4, -0.2) is 4.98 Å². The summed E-state index contributed by atoms with van der Waals surface area (Å²) in [4.78, 5) is 3.68. The molecular formula is C40H29NO. The van der Waals surface area contributed by atoms with Crippen LogP contribution < -0.4 is 4.74 Å². The van der Waals surface area contributed by atoms with Gasteiger partial charge in [-0.15, -0.1) is 0 Å². The monoisotopic (exact) mass is 539 g/mol. The Balaban J connectivity index is 1.09. The molecule has 0 fully saturated rings. The summed E-state index contributed by atoms with van der Waals surface area (Å²) in [5.41, 5.74) is 13.4. The predicted molar refractivity (Wildman–Crippen MR) is 174 cm³/mol. The third-order valence-electron chi connectivity index (χ3n) is 8.42. The van der Waals surface area contributed by atoms with Crippen molar-refractivity contribution in [3.05, 3.63) is 157 Å². The second kappa shape index (κ2) is 10.2. The molecule has 2 nitrogen and oxygen atoms in total. The lowest BCUT2D eigenvalue weighted by molar-refractivity contribution is 0.488. The van der Waals surface area contributed by atoms with E-state index >= 15 is 0 Å². The summed E-state index contributed by atoms with van der Waals surface area (Å²) in [5.74, 6) is 1.78. The molecule has 42 heavy (non-hydrogen) atoms. The maximum absolute atomic E-state index is 6.43. The topological polar surface area (TPSA) is 25.0 Å². The number of aromatic nitrogens is 1. The summed E-state index contributed by atoms with van der Waals surface area (Å²) in [6.45, 7) is 0. The van der Waals surface area contributed by atoms with Crippen LogP contribution in [0.1, 0.15) is 11.1 Å². The standard InChI is InChI=1S/C40H29NO/c1-2-10-29(11-3-1)40-35(33-14-6-8-16-37(33)41-40)24-20-27-18-21-28(22-19-27)30-23-25-39-36(26-30)32-13-5-4-12-31(32)34-15-7-9-17-38(34)42-39/h1-19,21-23,25-26,41H,20,24H2. The highest BCUT2D eigenvalue weighted by molar-refractivity contribution is 5.92. The Labute approximate surface area is 245 Å². The first-order chi connectivity index (χ1) is 20.8. The van der Waals surface area contributed by atoms with E-state index in [1.165, 1.54) is 55.5 Å². The average molecular weight is 540 g/mol. The van der Waals surface area contributed by atoms with Gasteiger partial charge in [-0.2, -0.15) is 0 Å². The van der Waals surface area contributed by atoms with Crippen LogP contribution in [0.25, 0.3) is 55.5 Å². The van der Waals surface area contributed by atoms with Crippen LogP contribution >= 0.6 is 0 Å². The summed E-state index contributed by atoms with van der Waals surface area (Å²) in [5, 5.41) is 1.31. The molecule has 7 aromatic rings. The Morgan fingerprint density at radius 3 is 1.93 bits per heavy atom. The fourth-order valence-corrected chi connectivity index (χ4v) is 6.30. The van der Waals surface area contributed by atoms with Gasteiger partial charge in [-0.05, 0) is 76.1 Å². The zero-order valence-corrected chi connectivity index (χ0v) is 23.2. The number of hydrogen-bond acceptors (Lipinski definition) is 1. The minimum atomic E-state index is 0.890. The number of fused-ring (bicyclic) bond motifs is 6. The van der Waals surface area contributed by atoms with Crippen LogP contribution in [0.15, 0.2) is 146 Å². The van der Waals surface area contributed by atoms with E-state index in [0.29, 0.717) is 0 Å². The number of nitrogens with one attached hydrogen (secondary N) is 1. The molecular weight excluding hydrogens is 510 g/mol. The van der Waals surface area contributed by atoms with Gasteiger partial charge in [0, 0.05) is 27.7 Å². The van der Waals surface area contributed by atoms with E-state index in [-0.39, 0.29) is 0 Å². The highest BCUT2D eigenvalue weighted by atomic mass is 16.5. The zero-order valence-electron chi connectivity index (χ0n) is 23.2. The third kappa shape index (κ3) is 4.29. The van der Waals surface area contributed by atoms with Crippen molar-refractivity contribution in [2.45, 2.75) is 12.8 Å². The quantitative estimate of drug-likeness (QED) is 0.231. The van der Waals surface area contributed by atoms with Crippen molar-refractivity contribution in [3.8, 4) is 56.1 Å². The number of benzene rings is 6. The van der Waals surface area contributed by atoms with Gasteiger partial charge in [-0.25, -0.2) is 0 Å². The van der Waals surface area contributed by atoms with E-state index in [4.69, 9.17) is 4.74 Å². The van der Waals surface area contributed by atoms with Gasteiger partial charge >= 0.3 is 0 Å². The van der Waals surface area contributed by atoms with Gasteiger partial charge in [0.25, 0.3) is 0 Å². The van der Waals surface area contributed by atoms with Crippen molar-refractivity contribution in [2.75, 3.05) is 0 Å². The molecule has 8 rings (SSSR count). The molecule has 1 aliphatic heterocycles. The number of hydrogen-bond donors (Lipinski definition) is 1. The zero-order chi connectivity index (χ0) is 27.9. The van der Waals surface area contributed by atoms with Crippen molar-refractivity contribution < 1.29 is 4.74 Å². The van der Waals surface area contributed by atoms with Crippen molar-refractivity contribution in [1.29, 1.82) is 0 Å². The van der Waals surface area contributed by atoms with E-state index in [2.05, 4.69) is 138 Å². The SMILES string of the molecule is c1ccc(-c2[nH]c3ccccc3c2CCc2ccc(-c3ccc4c(c3)-c3ccccc3-c3ccccc3O4)cc2)cc1. The number of H-pyrrole nitrogens is 1. The van der Waals surface area contributed by atoms with Gasteiger partial charge in [-0.3, -0.25) is 0 Å². The molecule has 0 radical (unpaired) electrons. The minimum absolute atomic E-state index is 0.890. The second-order valence-corrected chi connectivity index (χ2v) is 10.9. The van der Waals surface area contributed by atoms with Crippen molar-refractivity contribution >= 4 is 10.9 Å². The van der Waals surface area contributed by atoms with E-state index in [9.17, 15) is 0 Å². The van der Waals surface area contributed by atoms with Crippen molar-refractivity contribution in [2.24, 2.45) is 0 Å². The van der Waals surface area contributed by atoms with E-state index in [1.54, 1.807) is 0 Å². The van der Waals surface area contributed by atoms with Crippen LogP contribution in [0.2, 0.25) is 0 Å². The number of rotatable bonds is 5. The molecule has 0 spiro atoms. The lowest BCUT2D eigenvalue weighted by Crippen LogP contribution is -1.93. The maximum Gasteiger partial charge on any atom is 0.135 e. The first-order valence-corrected chi connectivity index (χ1v) is 14.6. The lowest BCUT2D eigenvalue weighted by atomic mass is 9.92. The average Bonchev–Trinajstić information content (AvgIpc) is 3.36. The Hall–Kier alpha value is -5.34. The smallest absolute Gasteiger partial charge is 0.135 e. The van der Waals surface area contributed by atoms with Gasteiger partial charge in [0.05, 0.1) is 0 Å². The molecule has 0 atom stereocenters. The summed E-state index contributed by atoms with van der Waals surface area (Å²) >= 11 is 0. The molecule has 2 heteroatoms. The van der Waals surface area contributed by atoms with Gasteiger partial charge < -0.3 is 9.72 Å². The third-order valence-corrected chi connectivity index (χ3v) is 8.42. The summed E-state index contributed by atoms with van der Waals surface area (Å²) in [6, 6.07) is 51.8. The van der Waals surface area contributed by atoms with Crippen LogP contribution in [0.3, 0.4) is 0 Å². The largest absolute Gasteiger partial charge is 0.456 e. The minimum Gasteiger partial charge on any atom is -0.456 e. The molecule has 0 aliphatic carbocycles. The van der Waals surface area contributed by atoms with Gasteiger partial charge in [0.1, 0.15) is 11.5 Å². The van der Waals surface area contributed by atoms with E-state index in [1.807, 2.05) is 12.1 Å². The number of aryl methyl sites for hydroxylation is 2. The fourth-order valence-electron chi connectivity index (χ4n) is 6.30. The first kappa shape index (κ1) is 24.5. The summed E-state index contributed by atoms with van der Waals surface area (Å²) < 4.78 is 6.43. The Kier molecular flexibility index (Phi) is 5.97. The van der Waals surface area contributed by atoms with Crippen LogP contribution in [0, 0.1) is 0 Å². The number of ether oxygens (including phenoxy) is 1. The molecule has 0 amide bonds. The van der Waals surface area contributed by atoms with Crippen molar-refractivity contribution in [1.82, 2.24) is 4.98 Å². The van der Waals surface area contributed by atoms with Gasteiger partial charge in [0.15, 0.2) is 0 Å². The molecule has 1 N–H and O–H groups in total. The Morgan fingerprint density at radius 2 is 1.10 bits per heavy atom. The first-order valence-electron chi connectivity index (χ1n) is 14.6. The van der Waals surface area contributed by atoms with Gasteiger partial charge in [0.2, 0.25) is 0 Å². The number of para-hydroxylation sites is 2. The Morgan fingerprint density at radius 1 is 0.452 bits per heavy atom. The molecule has 0 unspecified atom stereocenters. The molecule has 6 aromatic carbocycles. The predicted octanol–water partition coefficient (Wildman–Crippen LogP) is 10.7. The highest BCUT2D eigenvalue weighted by Crippen LogP contribution is 2.47. The highest BCUT2D eigenvalue weighted by Gasteiger charge is 2.20. The molecule has 0 saturated heterocycles. The van der Waals surface area contributed by atoms with Crippen LogP contribution in [0.4, 0.5) is 0 Å².